The quantitative estimate of drug-likeness (QED) is 0.333. The number of carbonyl (C=O) groups is 4. The zero-order chi connectivity index (χ0) is 24.2. The van der Waals surface area contributed by atoms with Crippen LogP contribution in [0.1, 0.15) is 49.1 Å². The number of amides is 3. The van der Waals surface area contributed by atoms with Crippen molar-refractivity contribution in [1.29, 1.82) is 0 Å². The van der Waals surface area contributed by atoms with Crippen LogP contribution in [0.25, 0.3) is 6.08 Å². The third-order valence-corrected chi connectivity index (χ3v) is 5.37. The molecule has 3 amide bonds. The number of nitrogens with one attached hydrogen (secondary N) is 1. The van der Waals surface area contributed by atoms with Crippen LogP contribution in [-0.2, 0) is 9.53 Å². The number of para-hydroxylation sites is 1. The number of carbonyl (C=O) groups excluding carboxylic acids is 4. The van der Waals surface area contributed by atoms with Crippen molar-refractivity contribution in [3.8, 4) is 0 Å². The lowest BCUT2D eigenvalue weighted by molar-refractivity contribution is -0.137. The Morgan fingerprint density at radius 3 is 2.35 bits per heavy atom. The van der Waals surface area contributed by atoms with Gasteiger partial charge in [-0.15, -0.1) is 0 Å². The second kappa shape index (κ2) is 9.54. The fourth-order valence-electron chi connectivity index (χ4n) is 3.65. The summed E-state index contributed by atoms with van der Waals surface area (Å²) in [6.45, 7) is 3.87. The Bertz CT molecular complexity index is 1330. The number of fused-ring (bicyclic) bond motifs is 1. The number of hydrogen-bond acceptors (Lipinski definition) is 5. The van der Waals surface area contributed by atoms with Crippen LogP contribution in [0.3, 0.4) is 0 Å². The SMILES string of the molecule is CCOC(=O)/C=C/c1ccc(NC(=O)c2ccc3c(c2)C(=O)N(c2ccccc2C)C3=O)cc1. The van der Waals surface area contributed by atoms with Crippen LogP contribution < -0.4 is 10.2 Å². The van der Waals surface area contributed by atoms with Crippen molar-refractivity contribution in [3.63, 3.8) is 0 Å². The van der Waals surface area contributed by atoms with Gasteiger partial charge in [-0.1, -0.05) is 30.3 Å². The van der Waals surface area contributed by atoms with Gasteiger partial charge in [0.05, 0.1) is 23.4 Å². The Labute approximate surface area is 196 Å². The van der Waals surface area contributed by atoms with E-state index in [4.69, 9.17) is 4.74 Å². The summed E-state index contributed by atoms with van der Waals surface area (Å²) in [6, 6.07) is 18.5. The van der Waals surface area contributed by atoms with Crippen LogP contribution in [0, 0.1) is 6.92 Å². The molecule has 1 aliphatic rings. The Kier molecular flexibility index (Phi) is 6.36. The number of anilines is 2. The third-order valence-electron chi connectivity index (χ3n) is 5.37. The van der Waals surface area contributed by atoms with Crippen molar-refractivity contribution in [2.75, 3.05) is 16.8 Å². The molecule has 7 heteroatoms. The standard InChI is InChI=1S/C27H22N2O5/c1-3-34-24(30)15-10-18-8-12-20(13-9-18)28-25(31)19-11-14-21-22(16-19)27(33)29(26(21)32)23-7-5-4-6-17(23)2/h4-16H,3H2,1-2H3,(H,28,31)/b15-10+. The van der Waals surface area contributed by atoms with E-state index in [9.17, 15) is 19.2 Å². The molecule has 0 radical (unpaired) electrons. The van der Waals surface area contributed by atoms with E-state index in [1.807, 2.05) is 19.1 Å². The Balaban J connectivity index is 1.49. The van der Waals surface area contributed by atoms with Gasteiger partial charge in [-0.3, -0.25) is 14.4 Å². The molecule has 0 aliphatic carbocycles. The van der Waals surface area contributed by atoms with Gasteiger partial charge in [-0.25, -0.2) is 9.69 Å². The smallest absolute Gasteiger partial charge is 0.330 e. The summed E-state index contributed by atoms with van der Waals surface area (Å²) in [5.41, 5.74) is 3.36. The highest BCUT2D eigenvalue weighted by atomic mass is 16.5. The molecule has 1 heterocycles. The van der Waals surface area contributed by atoms with Gasteiger partial charge >= 0.3 is 5.97 Å². The molecule has 1 N–H and O–H groups in total. The van der Waals surface area contributed by atoms with E-state index in [0.717, 1.165) is 16.0 Å². The second-order valence-corrected chi connectivity index (χ2v) is 7.65. The molecule has 0 unspecified atom stereocenters. The first-order valence-corrected chi connectivity index (χ1v) is 10.7. The minimum Gasteiger partial charge on any atom is -0.463 e. The summed E-state index contributed by atoms with van der Waals surface area (Å²) in [5, 5.41) is 2.78. The van der Waals surface area contributed by atoms with E-state index >= 15 is 0 Å². The highest BCUT2D eigenvalue weighted by Gasteiger charge is 2.37. The molecule has 170 valence electrons. The normalized spacial score (nSPS) is 12.7. The second-order valence-electron chi connectivity index (χ2n) is 7.65. The Hall–Kier alpha value is -4.52. The number of imide groups is 1. The molecule has 0 bridgehead atoms. The summed E-state index contributed by atoms with van der Waals surface area (Å²) in [6.07, 6.45) is 2.95. The van der Waals surface area contributed by atoms with Crippen molar-refractivity contribution in [3.05, 3.63) is 101 Å². The van der Waals surface area contributed by atoms with E-state index in [1.54, 1.807) is 49.4 Å². The van der Waals surface area contributed by atoms with Crippen molar-refractivity contribution in [2.24, 2.45) is 0 Å². The molecule has 0 atom stereocenters. The molecular weight excluding hydrogens is 432 g/mol. The molecule has 0 fully saturated rings. The monoisotopic (exact) mass is 454 g/mol. The predicted molar refractivity (Wildman–Crippen MR) is 129 cm³/mol. The molecule has 0 saturated heterocycles. The summed E-state index contributed by atoms with van der Waals surface area (Å²) in [7, 11) is 0. The van der Waals surface area contributed by atoms with E-state index in [1.165, 1.54) is 24.3 Å². The molecule has 0 saturated carbocycles. The number of hydrogen-bond donors (Lipinski definition) is 1. The molecule has 1 aliphatic heterocycles. The lowest BCUT2D eigenvalue weighted by Gasteiger charge is -2.16. The topological polar surface area (TPSA) is 92.8 Å². The average molecular weight is 454 g/mol. The first-order valence-electron chi connectivity index (χ1n) is 10.7. The Morgan fingerprint density at radius 2 is 1.65 bits per heavy atom. The van der Waals surface area contributed by atoms with E-state index in [-0.39, 0.29) is 16.7 Å². The lowest BCUT2D eigenvalue weighted by Crippen LogP contribution is -2.29. The fraction of sp³-hybridized carbons (Fsp3) is 0.111. The van der Waals surface area contributed by atoms with Gasteiger partial charge in [-0.05, 0) is 67.4 Å². The predicted octanol–water partition coefficient (Wildman–Crippen LogP) is 4.62. The van der Waals surface area contributed by atoms with E-state index in [2.05, 4.69) is 5.32 Å². The number of aryl methyl sites for hydroxylation is 1. The van der Waals surface area contributed by atoms with Crippen LogP contribution in [0.15, 0.2) is 72.8 Å². The van der Waals surface area contributed by atoms with Crippen molar-refractivity contribution in [2.45, 2.75) is 13.8 Å². The number of rotatable bonds is 6. The number of benzene rings is 3. The minimum atomic E-state index is -0.457. The van der Waals surface area contributed by atoms with Crippen LogP contribution in [-0.4, -0.2) is 30.3 Å². The fourth-order valence-corrected chi connectivity index (χ4v) is 3.65. The summed E-state index contributed by atoms with van der Waals surface area (Å²) < 4.78 is 4.84. The van der Waals surface area contributed by atoms with Crippen LogP contribution in [0.5, 0.6) is 0 Å². The lowest BCUT2D eigenvalue weighted by atomic mass is 10.1. The number of esters is 1. The zero-order valence-electron chi connectivity index (χ0n) is 18.7. The van der Waals surface area contributed by atoms with Gasteiger partial charge in [0.15, 0.2) is 0 Å². The highest BCUT2D eigenvalue weighted by molar-refractivity contribution is 6.35. The van der Waals surface area contributed by atoms with Gasteiger partial charge in [-0.2, -0.15) is 0 Å². The maximum Gasteiger partial charge on any atom is 0.330 e. The van der Waals surface area contributed by atoms with E-state index < -0.39 is 23.7 Å². The van der Waals surface area contributed by atoms with Crippen molar-refractivity contribution in [1.82, 2.24) is 0 Å². The third kappa shape index (κ3) is 4.49. The first kappa shape index (κ1) is 22.7. The summed E-state index contributed by atoms with van der Waals surface area (Å²) >= 11 is 0. The first-order chi connectivity index (χ1) is 16.4. The Morgan fingerprint density at radius 1 is 0.941 bits per heavy atom. The van der Waals surface area contributed by atoms with E-state index in [0.29, 0.717) is 18.0 Å². The van der Waals surface area contributed by atoms with Gasteiger partial charge in [0, 0.05) is 17.3 Å². The molecule has 0 aromatic heterocycles. The molecule has 34 heavy (non-hydrogen) atoms. The number of ether oxygens (including phenoxy) is 1. The minimum absolute atomic E-state index is 0.195. The van der Waals surface area contributed by atoms with Crippen LogP contribution >= 0.6 is 0 Å². The van der Waals surface area contributed by atoms with Gasteiger partial charge in [0.25, 0.3) is 17.7 Å². The van der Waals surface area contributed by atoms with Crippen molar-refractivity contribution < 1.29 is 23.9 Å². The molecule has 7 nitrogen and oxygen atoms in total. The highest BCUT2D eigenvalue weighted by Crippen LogP contribution is 2.31. The van der Waals surface area contributed by atoms with Gasteiger partial charge in [0.2, 0.25) is 0 Å². The summed E-state index contributed by atoms with van der Waals surface area (Å²) in [4.78, 5) is 51.2. The maximum atomic E-state index is 13.0. The van der Waals surface area contributed by atoms with Crippen LogP contribution in [0.4, 0.5) is 11.4 Å². The molecule has 3 aromatic rings. The molecule has 4 rings (SSSR count). The maximum absolute atomic E-state index is 13.0. The van der Waals surface area contributed by atoms with Crippen LogP contribution in [0.2, 0.25) is 0 Å². The zero-order valence-corrected chi connectivity index (χ0v) is 18.7. The summed E-state index contributed by atoms with van der Waals surface area (Å²) in [5.74, 6) is -1.70. The number of nitrogens with zero attached hydrogens (tertiary/aromatic N) is 1. The largest absolute Gasteiger partial charge is 0.463 e. The molecule has 3 aromatic carbocycles. The molecular formula is C27H22N2O5. The molecule has 0 spiro atoms. The van der Waals surface area contributed by atoms with Gasteiger partial charge < -0.3 is 10.1 Å². The van der Waals surface area contributed by atoms with Gasteiger partial charge in [0.1, 0.15) is 0 Å². The average Bonchev–Trinajstić information content (AvgIpc) is 3.08. The van der Waals surface area contributed by atoms with Crippen molar-refractivity contribution >= 4 is 41.1 Å².